The number of pyridine rings is 1. The highest BCUT2D eigenvalue weighted by atomic mass is 32.2. The molecule has 2 heterocycles. The van der Waals surface area contributed by atoms with E-state index in [4.69, 9.17) is 0 Å². The Labute approximate surface area is 104 Å². The molecular formula is C11H10N2O4S. The van der Waals surface area contributed by atoms with E-state index < -0.39 is 16.0 Å². The first-order valence-electron chi connectivity index (χ1n) is 4.98. The summed E-state index contributed by atoms with van der Waals surface area (Å²) in [6.45, 7) is 0. The zero-order chi connectivity index (χ0) is 13.2. The lowest BCUT2D eigenvalue weighted by molar-refractivity contribution is 0.0601. The van der Waals surface area contributed by atoms with Crippen LogP contribution in [0.15, 0.2) is 47.9 Å². The quantitative estimate of drug-likeness (QED) is 0.771. The van der Waals surface area contributed by atoms with Gasteiger partial charge in [-0.05, 0) is 18.2 Å². The predicted octanol–water partition coefficient (Wildman–Crippen LogP) is 0.907. The summed E-state index contributed by atoms with van der Waals surface area (Å²) in [6.07, 6.45) is 3.85. The number of aromatic nitrogens is 2. The maximum Gasteiger partial charge on any atom is 0.339 e. The Morgan fingerprint density at radius 1 is 1.33 bits per heavy atom. The fraction of sp³-hybridized carbons (Fsp3) is 0.0909. The summed E-state index contributed by atoms with van der Waals surface area (Å²) >= 11 is 0. The highest BCUT2D eigenvalue weighted by Crippen LogP contribution is 2.12. The first-order chi connectivity index (χ1) is 8.55. The van der Waals surface area contributed by atoms with E-state index in [-0.39, 0.29) is 10.6 Å². The zero-order valence-corrected chi connectivity index (χ0v) is 10.3. The second-order valence-electron chi connectivity index (χ2n) is 3.39. The molecule has 0 fully saturated rings. The third kappa shape index (κ3) is 2.12. The minimum absolute atomic E-state index is 0.0861. The monoisotopic (exact) mass is 266 g/mol. The molecule has 7 heteroatoms. The van der Waals surface area contributed by atoms with E-state index in [1.165, 1.54) is 37.8 Å². The van der Waals surface area contributed by atoms with Crippen molar-refractivity contribution in [2.75, 3.05) is 7.11 Å². The Hall–Kier alpha value is -2.15. The molecule has 0 atom stereocenters. The van der Waals surface area contributed by atoms with Gasteiger partial charge in [-0.25, -0.2) is 13.8 Å². The van der Waals surface area contributed by atoms with Gasteiger partial charge in [0.2, 0.25) is 0 Å². The van der Waals surface area contributed by atoms with Crippen molar-refractivity contribution < 1.29 is 17.9 Å². The molecule has 0 unspecified atom stereocenters. The summed E-state index contributed by atoms with van der Waals surface area (Å²) in [5.74, 6) is -0.593. The molecule has 0 saturated heterocycles. The molecule has 94 valence electrons. The summed E-state index contributed by atoms with van der Waals surface area (Å²) in [5, 5.41) is -0.0861. The number of methoxy groups -OCH3 is 1. The Balaban J connectivity index is 2.43. The van der Waals surface area contributed by atoms with Crippen LogP contribution < -0.4 is 0 Å². The van der Waals surface area contributed by atoms with Crippen LogP contribution in [-0.4, -0.2) is 30.5 Å². The van der Waals surface area contributed by atoms with Crippen molar-refractivity contribution >= 4 is 16.0 Å². The Morgan fingerprint density at radius 2 is 2.11 bits per heavy atom. The van der Waals surface area contributed by atoms with Crippen LogP contribution in [0.4, 0.5) is 0 Å². The van der Waals surface area contributed by atoms with Crippen molar-refractivity contribution in [2.24, 2.45) is 0 Å². The fourth-order valence-electron chi connectivity index (χ4n) is 1.37. The molecule has 2 aromatic heterocycles. The topological polar surface area (TPSA) is 78.3 Å². The van der Waals surface area contributed by atoms with Gasteiger partial charge in [-0.2, -0.15) is 8.42 Å². The molecule has 0 N–H and O–H groups in total. The minimum atomic E-state index is -3.76. The van der Waals surface area contributed by atoms with Gasteiger partial charge in [0.15, 0.2) is 5.03 Å². The first-order valence-corrected chi connectivity index (χ1v) is 6.42. The predicted molar refractivity (Wildman–Crippen MR) is 62.6 cm³/mol. The van der Waals surface area contributed by atoms with Crippen LogP contribution in [0.5, 0.6) is 0 Å². The van der Waals surface area contributed by atoms with Gasteiger partial charge in [0.05, 0.1) is 12.7 Å². The third-order valence-corrected chi connectivity index (χ3v) is 3.82. The average molecular weight is 266 g/mol. The molecule has 0 aliphatic carbocycles. The number of hydrogen-bond acceptors (Lipinski definition) is 5. The summed E-state index contributed by atoms with van der Waals surface area (Å²) in [7, 11) is -2.53. The number of ether oxygens (including phenoxy) is 1. The van der Waals surface area contributed by atoms with Gasteiger partial charge in [0.1, 0.15) is 0 Å². The van der Waals surface area contributed by atoms with E-state index in [0.29, 0.717) is 0 Å². The van der Waals surface area contributed by atoms with Gasteiger partial charge >= 0.3 is 5.97 Å². The molecule has 2 aromatic rings. The molecule has 0 amide bonds. The molecule has 0 radical (unpaired) electrons. The number of hydrogen-bond donors (Lipinski definition) is 0. The minimum Gasteiger partial charge on any atom is -0.465 e. The second-order valence-corrected chi connectivity index (χ2v) is 5.18. The summed E-state index contributed by atoms with van der Waals surface area (Å²) in [6, 6.07) is 5.94. The van der Waals surface area contributed by atoms with E-state index in [1.54, 1.807) is 12.1 Å². The SMILES string of the molecule is COC(=O)c1ccn(S(=O)(=O)c2ccccn2)c1. The molecule has 0 aliphatic heterocycles. The molecule has 6 nitrogen and oxygen atoms in total. The molecular weight excluding hydrogens is 256 g/mol. The molecule has 18 heavy (non-hydrogen) atoms. The molecule has 0 spiro atoms. The van der Waals surface area contributed by atoms with Crippen LogP contribution >= 0.6 is 0 Å². The summed E-state index contributed by atoms with van der Waals surface area (Å²) in [5.41, 5.74) is 0.164. The van der Waals surface area contributed by atoms with E-state index in [2.05, 4.69) is 9.72 Å². The number of carbonyl (C=O) groups excluding carboxylic acids is 1. The van der Waals surface area contributed by atoms with E-state index >= 15 is 0 Å². The van der Waals surface area contributed by atoms with Gasteiger partial charge < -0.3 is 4.74 Å². The smallest absolute Gasteiger partial charge is 0.339 e. The fourth-order valence-corrected chi connectivity index (χ4v) is 2.51. The largest absolute Gasteiger partial charge is 0.465 e. The van der Waals surface area contributed by atoms with Gasteiger partial charge in [-0.15, -0.1) is 0 Å². The van der Waals surface area contributed by atoms with Gasteiger partial charge in [-0.1, -0.05) is 6.07 Å². The molecule has 0 bridgehead atoms. The Morgan fingerprint density at radius 3 is 2.72 bits per heavy atom. The maximum absolute atomic E-state index is 12.1. The second kappa shape index (κ2) is 4.61. The van der Waals surface area contributed by atoms with Gasteiger partial charge in [-0.3, -0.25) is 0 Å². The first kappa shape index (κ1) is 12.3. The van der Waals surface area contributed by atoms with E-state index in [1.807, 2.05) is 0 Å². The summed E-state index contributed by atoms with van der Waals surface area (Å²) in [4.78, 5) is 15.0. The van der Waals surface area contributed by atoms with Crippen molar-refractivity contribution in [1.82, 2.24) is 8.96 Å². The summed E-state index contributed by atoms with van der Waals surface area (Å²) < 4.78 is 29.7. The van der Waals surface area contributed by atoms with Crippen LogP contribution in [0.2, 0.25) is 0 Å². The highest BCUT2D eigenvalue weighted by Gasteiger charge is 2.19. The molecule has 2 rings (SSSR count). The van der Waals surface area contributed by atoms with Crippen LogP contribution in [-0.2, 0) is 14.8 Å². The number of esters is 1. The van der Waals surface area contributed by atoms with Crippen LogP contribution in [0.1, 0.15) is 10.4 Å². The van der Waals surface area contributed by atoms with Crippen molar-refractivity contribution in [3.8, 4) is 0 Å². The lowest BCUT2D eigenvalue weighted by Crippen LogP contribution is -2.12. The van der Waals surface area contributed by atoms with Gasteiger partial charge in [0, 0.05) is 18.6 Å². The number of carbonyl (C=O) groups is 1. The van der Waals surface area contributed by atoms with Gasteiger partial charge in [0.25, 0.3) is 10.0 Å². The Bertz CT molecular complexity index is 661. The van der Waals surface area contributed by atoms with Crippen LogP contribution in [0.25, 0.3) is 0 Å². The lowest BCUT2D eigenvalue weighted by atomic mass is 10.3. The molecule has 0 aromatic carbocycles. The number of nitrogens with zero attached hydrogens (tertiary/aromatic N) is 2. The Kier molecular flexibility index (Phi) is 3.15. The van der Waals surface area contributed by atoms with Crippen LogP contribution in [0, 0.1) is 0 Å². The highest BCUT2D eigenvalue weighted by molar-refractivity contribution is 7.89. The normalized spacial score (nSPS) is 11.2. The van der Waals surface area contributed by atoms with Crippen molar-refractivity contribution in [1.29, 1.82) is 0 Å². The van der Waals surface area contributed by atoms with E-state index in [9.17, 15) is 13.2 Å². The number of rotatable bonds is 3. The zero-order valence-electron chi connectivity index (χ0n) is 9.48. The van der Waals surface area contributed by atoms with Crippen LogP contribution in [0.3, 0.4) is 0 Å². The average Bonchev–Trinajstić information content (AvgIpc) is 2.89. The lowest BCUT2D eigenvalue weighted by Gasteiger charge is -2.03. The third-order valence-electron chi connectivity index (χ3n) is 2.27. The van der Waals surface area contributed by atoms with Crippen molar-refractivity contribution in [3.63, 3.8) is 0 Å². The van der Waals surface area contributed by atoms with Crippen molar-refractivity contribution in [3.05, 3.63) is 48.4 Å². The van der Waals surface area contributed by atoms with E-state index in [0.717, 1.165) is 3.97 Å². The maximum atomic E-state index is 12.1. The standard InChI is InChI=1S/C11H10N2O4S/c1-17-11(14)9-5-7-13(8-9)18(15,16)10-4-2-3-6-12-10/h2-8H,1H3. The van der Waals surface area contributed by atoms with Crippen molar-refractivity contribution in [2.45, 2.75) is 5.03 Å². The molecule has 0 saturated carbocycles. The molecule has 0 aliphatic rings.